The average molecular weight is 894 g/mol. The normalized spacial score (nSPS) is 39.4. The van der Waals surface area contributed by atoms with E-state index in [1.54, 1.807) is 51.7 Å². The molecule has 6 aliphatic rings. The highest BCUT2D eigenvalue weighted by atomic mass is 16.6. The lowest BCUT2D eigenvalue weighted by molar-refractivity contribution is -0.322. The highest BCUT2D eigenvalue weighted by molar-refractivity contribution is 5.89. The number of nitrogens with zero attached hydrogens (tertiary/aromatic N) is 1. The summed E-state index contributed by atoms with van der Waals surface area (Å²) in [6, 6.07) is 8.19. The Bertz CT molecular complexity index is 1820. The molecular weight excluding hydrogens is 819 g/mol. The number of carbonyl (C=O) groups is 3. The fourth-order valence-corrected chi connectivity index (χ4v) is 14.6. The minimum Gasteiger partial charge on any atom is -0.462 e. The number of carbonyl (C=O) groups excluding carboxylic acids is 3. The van der Waals surface area contributed by atoms with Gasteiger partial charge in [0, 0.05) is 89.4 Å². The van der Waals surface area contributed by atoms with Crippen LogP contribution in [0.4, 0.5) is 0 Å². The van der Waals surface area contributed by atoms with Crippen LogP contribution in [0.3, 0.4) is 0 Å². The average Bonchev–Trinajstić information content (AvgIpc) is 3.67. The SMILES string of the molecule is CCCCC/C=C\C/C=C\CCCCCCCC(=O)O[C@]12[C@H]3[C@@H](OC(=O)c4ccccc4)[C@](O)(C[C@H]3[C@@]34C5[C@@H]1[C@H](OC)[C@@H]3[C@](COC)(CN5C)[C@H](OC(C)=O)C[C@@H]4OC)[C@@H](OC)[C@@H]2O. The minimum absolute atomic E-state index is 0.0509. The number of unbranched alkanes of at least 4 members (excludes halogenated alkanes) is 8. The first-order valence-corrected chi connectivity index (χ1v) is 24.0. The summed E-state index contributed by atoms with van der Waals surface area (Å²) in [7, 11) is 8.35. The minimum atomic E-state index is -1.88. The van der Waals surface area contributed by atoms with Crippen LogP contribution in [0.2, 0.25) is 0 Å². The molecule has 64 heavy (non-hydrogen) atoms. The molecule has 1 heterocycles. The van der Waals surface area contributed by atoms with Gasteiger partial charge >= 0.3 is 17.9 Å². The van der Waals surface area contributed by atoms with Gasteiger partial charge in [-0.15, -0.1) is 0 Å². The standard InChI is InChI=1S/C51H75NO12/c1-8-9-10-11-12-13-14-15-16-17-18-19-20-21-25-28-38(54)64-51-39-35(30-49(57,46(61-7)44(51)55)45(39)63-47(56)34-26-23-22-24-27-34)50-37(59-5)29-36(62-33(2)53)48(32-58-4)31-52(3)43(50)40(51)41(60-6)42(48)50/h12-13,15-16,22-24,26-27,35-37,39-46,55,57H,8-11,14,17-21,25,28-32H2,1-7H3/b13-12-,16-15-/t35-,36-,37+,39-,40+,41+,42-,43?,44+,45-,46+,48+,49-,50+,51-/m1/s1. The van der Waals surface area contributed by atoms with Gasteiger partial charge in [-0.05, 0) is 70.0 Å². The van der Waals surface area contributed by atoms with E-state index in [1.165, 1.54) is 33.3 Å². The number of allylic oxidation sites excluding steroid dienone is 4. The molecule has 2 N–H and O–H groups in total. The highest BCUT2D eigenvalue weighted by Crippen LogP contribution is 2.80. The maximum absolute atomic E-state index is 14.6. The lowest BCUT2D eigenvalue weighted by atomic mass is 9.42. The molecule has 1 spiro atoms. The van der Waals surface area contributed by atoms with Crippen LogP contribution >= 0.6 is 0 Å². The number of methoxy groups -OCH3 is 4. The first kappa shape index (κ1) is 48.8. The van der Waals surface area contributed by atoms with E-state index in [0.29, 0.717) is 24.9 Å². The smallest absolute Gasteiger partial charge is 0.338 e. The molecule has 5 saturated carbocycles. The van der Waals surface area contributed by atoms with Crippen molar-refractivity contribution in [2.45, 2.75) is 158 Å². The van der Waals surface area contributed by atoms with E-state index < -0.39 is 106 Å². The molecule has 0 aromatic heterocycles. The maximum atomic E-state index is 14.6. The van der Waals surface area contributed by atoms with E-state index in [1.807, 2.05) is 7.05 Å². The predicted octanol–water partition coefficient (Wildman–Crippen LogP) is 6.62. The monoisotopic (exact) mass is 894 g/mol. The zero-order chi connectivity index (χ0) is 45.9. The van der Waals surface area contributed by atoms with E-state index in [-0.39, 0.29) is 19.4 Å². The Morgan fingerprint density at radius 2 is 1.52 bits per heavy atom. The van der Waals surface area contributed by atoms with Crippen molar-refractivity contribution in [1.29, 1.82) is 0 Å². The van der Waals surface area contributed by atoms with Crippen molar-refractivity contribution < 1.29 is 57.8 Å². The summed E-state index contributed by atoms with van der Waals surface area (Å²) in [4.78, 5) is 43.8. The second-order valence-electron chi connectivity index (χ2n) is 19.7. The van der Waals surface area contributed by atoms with Gasteiger partial charge in [0.2, 0.25) is 0 Å². The third-order valence-electron chi connectivity index (χ3n) is 16.5. The molecule has 1 aromatic carbocycles. The molecule has 0 amide bonds. The summed E-state index contributed by atoms with van der Waals surface area (Å²) in [6.07, 6.45) is 15.0. The zero-order valence-corrected chi connectivity index (χ0v) is 39.3. The number of hydrogen-bond acceptors (Lipinski definition) is 13. The van der Waals surface area contributed by atoms with Crippen molar-refractivity contribution in [3.8, 4) is 0 Å². The summed E-state index contributed by atoms with van der Waals surface area (Å²) in [5, 5.41) is 26.2. The maximum Gasteiger partial charge on any atom is 0.338 e. The molecule has 1 unspecified atom stereocenters. The molecule has 1 aliphatic heterocycles. The van der Waals surface area contributed by atoms with Crippen molar-refractivity contribution in [1.82, 2.24) is 4.90 Å². The molecule has 1 aromatic rings. The molecule has 0 radical (unpaired) electrons. The number of hydrogen-bond donors (Lipinski definition) is 2. The summed E-state index contributed by atoms with van der Waals surface area (Å²) in [5.41, 5.74) is -5.00. The topological polar surface area (TPSA) is 160 Å². The number of piperidine rings is 1. The Hall–Kier alpha value is -3.17. The van der Waals surface area contributed by atoms with E-state index >= 15 is 0 Å². The quantitative estimate of drug-likeness (QED) is 0.0523. The molecule has 356 valence electrons. The molecular formula is C51H75NO12. The zero-order valence-electron chi connectivity index (χ0n) is 39.3. The van der Waals surface area contributed by atoms with Crippen LogP contribution in [0.15, 0.2) is 54.6 Å². The summed E-state index contributed by atoms with van der Waals surface area (Å²) >= 11 is 0. The molecule has 13 nitrogen and oxygen atoms in total. The number of likely N-dealkylation sites (tertiary alicyclic amines) is 1. The number of ether oxygens (including phenoxy) is 7. The molecule has 5 aliphatic carbocycles. The van der Waals surface area contributed by atoms with Gasteiger partial charge in [-0.1, -0.05) is 81.5 Å². The summed E-state index contributed by atoms with van der Waals surface area (Å²) in [5.74, 6) is -4.14. The van der Waals surface area contributed by atoms with Gasteiger partial charge in [-0.2, -0.15) is 0 Å². The van der Waals surface area contributed by atoms with E-state index in [2.05, 4.69) is 36.1 Å². The van der Waals surface area contributed by atoms with Crippen molar-refractivity contribution in [3.05, 3.63) is 60.2 Å². The van der Waals surface area contributed by atoms with E-state index in [9.17, 15) is 24.6 Å². The third-order valence-corrected chi connectivity index (χ3v) is 16.5. The Labute approximate surface area is 380 Å². The van der Waals surface area contributed by atoms with Crippen LogP contribution in [-0.2, 0) is 42.7 Å². The first-order chi connectivity index (χ1) is 30.9. The largest absolute Gasteiger partial charge is 0.462 e. The molecule has 7 rings (SSSR count). The Morgan fingerprint density at radius 1 is 0.828 bits per heavy atom. The predicted molar refractivity (Wildman–Crippen MR) is 239 cm³/mol. The van der Waals surface area contributed by atoms with Crippen LogP contribution in [0, 0.1) is 34.5 Å². The number of fused-ring (bicyclic) bond motifs is 2. The second-order valence-corrected chi connectivity index (χ2v) is 19.7. The fourth-order valence-electron chi connectivity index (χ4n) is 14.6. The number of esters is 3. The highest BCUT2D eigenvalue weighted by Gasteiger charge is 2.92. The molecule has 6 fully saturated rings. The number of rotatable bonds is 23. The molecule has 1 saturated heterocycles. The van der Waals surface area contributed by atoms with Gasteiger partial charge in [0.25, 0.3) is 0 Å². The Kier molecular flexibility index (Phi) is 15.5. The van der Waals surface area contributed by atoms with Gasteiger partial charge in [0.1, 0.15) is 30.0 Å². The van der Waals surface area contributed by atoms with Crippen LogP contribution in [0.25, 0.3) is 0 Å². The lowest BCUT2D eigenvalue weighted by Crippen LogP contribution is -2.81. The number of aliphatic hydroxyl groups excluding tert-OH is 1. The van der Waals surface area contributed by atoms with Crippen molar-refractivity contribution >= 4 is 17.9 Å². The Balaban J connectivity index is 1.21. The third kappa shape index (κ3) is 8.00. The van der Waals surface area contributed by atoms with Crippen LogP contribution < -0.4 is 0 Å². The summed E-state index contributed by atoms with van der Waals surface area (Å²) in [6.45, 7) is 4.30. The van der Waals surface area contributed by atoms with Crippen LogP contribution in [-0.4, -0.2) is 136 Å². The summed E-state index contributed by atoms with van der Waals surface area (Å²) < 4.78 is 45.1. The first-order valence-electron chi connectivity index (χ1n) is 24.0. The van der Waals surface area contributed by atoms with E-state index in [0.717, 1.165) is 44.9 Å². The van der Waals surface area contributed by atoms with Gasteiger partial charge in [-0.25, -0.2) is 4.79 Å². The molecule has 13 heteroatoms. The van der Waals surface area contributed by atoms with Gasteiger partial charge in [0.15, 0.2) is 5.60 Å². The van der Waals surface area contributed by atoms with Crippen molar-refractivity contribution in [2.24, 2.45) is 34.5 Å². The van der Waals surface area contributed by atoms with Gasteiger partial charge in [0.05, 0.1) is 24.4 Å². The second kappa shape index (κ2) is 20.4. The van der Waals surface area contributed by atoms with E-state index in [4.69, 9.17) is 33.2 Å². The van der Waals surface area contributed by atoms with Gasteiger partial charge in [-0.3, -0.25) is 9.59 Å². The lowest BCUT2D eigenvalue weighted by Gasteiger charge is -2.70. The number of benzene rings is 1. The molecule has 15 atom stereocenters. The van der Waals surface area contributed by atoms with Crippen LogP contribution in [0.1, 0.15) is 114 Å². The Morgan fingerprint density at radius 3 is 2.16 bits per heavy atom. The van der Waals surface area contributed by atoms with Crippen LogP contribution in [0.5, 0.6) is 0 Å². The van der Waals surface area contributed by atoms with Crippen molar-refractivity contribution in [3.63, 3.8) is 0 Å². The van der Waals surface area contributed by atoms with Crippen molar-refractivity contribution in [2.75, 3.05) is 48.6 Å². The number of aliphatic hydroxyl groups is 2. The fraction of sp³-hybridized carbons (Fsp3) is 0.745. The van der Waals surface area contributed by atoms with Gasteiger partial charge < -0.3 is 48.3 Å². The molecule has 7 bridgehead atoms.